The molecule has 1 aliphatic rings. The highest BCUT2D eigenvalue weighted by Gasteiger charge is 2.65. The second-order valence-electron chi connectivity index (χ2n) is 3.17. The molecule has 0 aliphatic carbocycles. The molecule has 16 heavy (non-hydrogen) atoms. The third kappa shape index (κ3) is 1.42. The molecule has 1 heterocycles. The molecule has 8 heteroatoms. The Kier molecular flexibility index (Phi) is 1.97. The number of hydrogen-bond acceptors (Lipinski definition) is 4. The molecule has 1 aromatic carbocycles. The van der Waals surface area contributed by atoms with Crippen LogP contribution in [-0.4, -0.2) is 11.1 Å². The van der Waals surface area contributed by atoms with Crippen molar-refractivity contribution in [2.75, 3.05) is 0 Å². The summed E-state index contributed by atoms with van der Waals surface area (Å²) in [5.74, 6) is 0. The van der Waals surface area contributed by atoms with Crippen LogP contribution in [0.5, 0.6) is 0 Å². The first-order valence-electron chi connectivity index (χ1n) is 4.12. The highest BCUT2D eigenvalue weighted by molar-refractivity contribution is 5.38. The van der Waals surface area contributed by atoms with Crippen LogP contribution in [0.25, 0.3) is 0 Å². The maximum absolute atomic E-state index is 12.5. The van der Waals surface area contributed by atoms with Crippen LogP contribution in [0.15, 0.2) is 34.5 Å². The second-order valence-corrected chi connectivity index (χ2v) is 3.17. The van der Waals surface area contributed by atoms with Crippen LogP contribution in [0.4, 0.5) is 18.9 Å². The Morgan fingerprint density at radius 3 is 2.00 bits per heavy atom. The zero-order chi connectivity index (χ0) is 12.0. The van der Waals surface area contributed by atoms with Gasteiger partial charge < -0.3 is 0 Å². The number of non-ortho nitro benzene ring substituents is 1. The SMILES string of the molecule is O=[N+]([O-])c1ccc(C2(C(F)(F)F)N=N2)cc1. The van der Waals surface area contributed by atoms with Gasteiger partial charge in [0.25, 0.3) is 5.69 Å². The van der Waals surface area contributed by atoms with E-state index < -0.39 is 16.8 Å². The number of hydrogen-bond donors (Lipinski definition) is 0. The van der Waals surface area contributed by atoms with E-state index in [0.29, 0.717) is 0 Å². The van der Waals surface area contributed by atoms with Crippen molar-refractivity contribution in [3.63, 3.8) is 0 Å². The summed E-state index contributed by atoms with van der Waals surface area (Å²) < 4.78 is 37.6. The number of alkyl halides is 3. The molecule has 0 spiro atoms. The summed E-state index contributed by atoms with van der Waals surface area (Å²) in [5, 5.41) is 16.3. The largest absolute Gasteiger partial charge is 0.442 e. The van der Waals surface area contributed by atoms with Gasteiger partial charge in [0.05, 0.1) is 4.92 Å². The minimum absolute atomic E-state index is 0.217. The Balaban J connectivity index is 2.33. The number of rotatable bonds is 2. The third-order valence-electron chi connectivity index (χ3n) is 2.18. The Bertz CT molecular complexity index is 460. The van der Waals surface area contributed by atoms with E-state index in [0.717, 1.165) is 24.3 Å². The fourth-order valence-electron chi connectivity index (χ4n) is 1.26. The van der Waals surface area contributed by atoms with Crippen molar-refractivity contribution >= 4 is 5.69 Å². The number of benzene rings is 1. The Labute approximate surface area is 86.8 Å². The monoisotopic (exact) mass is 231 g/mol. The molecule has 5 nitrogen and oxygen atoms in total. The van der Waals surface area contributed by atoms with Gasteiger partial charge in [0, 0.05) is 17.7 Å². The van der Waals surface area contributed by atoms with Crippen LogP contribution < -0.4 is 0 Å². The number of nitro benzene ring substituents is 1. The molecule has 0 bridgehead atoms. The van der Waals surface area contributed by atoms with E-state index in [-0.39, 0.29) is 11.3 Å². The normalized spacial score (nSPS) is 17.2. The molecule has 0 atom stereocenters. The van der Waals surface area contributed by atoms with Crippen LogP contribution in [0, 0.1) is 10.1 Å². The van der Waals surface area contributed by atoms with E-state index in [4.69, 9.17) is 0 Å². The van der Waals surface area contributed by atoms with E-state index >= 15 is 0 Å². The van der Waals surface area contributed by atoms with Crippen molar-refractivity contribution in [1.82, 2.24) is 0 Å². The summed E-state index contributed by atoms with van der Waals surface area (Å²) >= 11 is 0. The summed E-state index contributed by atoms with van der Waals surface area (Å²) in [6.45, 7) is 0. The van der Waals surface area contributed by atoms with Gasteiger partial charge in [0.1, 0.15) is 0 Å². The van der Waals surface area contributed by atoms with Gasteiger partial charge in [-0.1, -0.05) is 0 Å². The van der Waals surface area contributed by atoms with Gasteiger partial charge in [-0.05, 0) is 12.1 Å². The van der Waals surface area contributed by atoms with Crippen LogP contribution in [0.3, 0.4) is 0 Å². The summed E-state index contributed by atoms with van der Waals surface area (Å²) in [7, 11) is 0. The minimum Gasteiger partial charge on any atom is -0.258 e. The Morgan fingerprint density at radius 2 is 1.69 bits per heavy atom. The molecule has 0 saturated heterocycles. The van der Waals surface area contributed by atoms with Gasteiger partial charge in [-0.25, -0.2) is 0 Å². The summed E-state index contributed by atoms with van der Waals surface area (Å²) in [5.41, 5.74) is -3.00. The first-order chi connectivity index (χ1) is 7.37. The summed E-state index contributed by atoms with van der Waals surface area (Å²) in [6.07, 6.45) is -4.61. The number of nitrogens with zero attached hydrogens (tertiary/aromatic N) is 3. The molecular formula is C8H4F3N3O2. The van der Waals surface area contributed by atoms with E-state index in [1.165, 1.54) is 0 Å². The topological polar surface area (TPSA) is 67.9 Å². The zero-order valence-corrected chi connectivity index (χ0v) is 7.60. The molecule has 0 fully saturated rings. The lowest BCUT2D eigenvalue weighted by Gasteiger charge is -2.14. The maximum Gasteiger partial charge on any atom is 0.442 e. The molecule has 1 aromatic rings. The first kappa shape index (κ1) is 10.5. The molecule has 84 valence electrons. The highest BCUT2D eigenvalue weighted by Crippen LogP contribution is 2.52. The van der Waals surface area contributed by atoms with Gasteiger partial charge in [0.15, 0.2) is 0 Å². The molecule has 0 amide bonds. The third-order valence-corrected chi connectivity index (χ3v) is 2.18. The number of nitro groups is 1. The van der Waals surface area contributed by atoms with Gasteiger partial charge in [-0.15, -0.1) is 10.2 Å². The van der Waals surface area contributed by atoms with Crippen LogP contribution in [0.2, 0.25) is 0 Å². The predicted molar refractivity (Wildman–Crippen MR) is 45.7 cm³/mol. The van der Waals surface area contributed by atoms with Crippen molar-refractivity contribution in [3.05, 3.63) is 39.9 Å². The molecule has 0 unspecified atom stereocenters. The average Bonchev–Trinajstić information content (AvgIpc) is 2.97. The van der Waals surface area contributed by atoms with Gasteiger partial charge >= 0.3 is 11.8 Å². The quantitative estimate of drug-likeness (QED) is 0.580. The molecule has 2 rings (SSSR count). The van der Waals surface area contributed by atoms with E-state index in [2.05, 4.69) is 10.2 Å². The lowest BCUT2D eigenvalue weighted by molar-refractivity contribution is -0.384. The standard InChI is InChI=1S/C8H4F3N3O2/c9-8(10,11)7(12-13-7)5-1-3-6(4-2-5)14(15)16/h1-4H. The zero-order valence-electron chi connectivity index (χ0n) is 7.60. The van der Waals surface area contributed by atoms with E-state index in [1.54, 1.807) is 0 Å². The van der Waals surface area contributed by atoms with Crippen molar-refractivity contribution in [2.24, 2.45) is 10.2 Å². The minimum atomic E-state index is -4.61. The first-order valence-corrected chi connectivity index (χ1v) is 4.12. The van der Waals surface area contributed by atoms with E-state index in [1.807, 2.05) is 0 Å². The fourth-order valence-corrected chi connectivity index (χ4v) is 1.26. The van der Waals surface area contributed by atoms with Crippen molar-refractivity contribution < 1.29 is 18.1 Å². The molecule has 1 aliphatic heterocycles. The fraction of sp³-hybridized carbons (Fsp3) is 0.250. The molecule has 0 radical (unpaired) electrons. The number of halogens is 3. The van der Waals surface area contributed by atoms with Crippen LogP contribution >= 0.6 is 0 Å². The van der Waals surface area contributed by atoms with E-state index in [9.17, 15) is 23.3 Å². The maximum atomic E-state index is 12.5. The average molecular weight is 231 g/mol. The summed E-state index contributed by atoms with van der Waals surface area (Å²) in [4.78, 5) is 9.62. The molecule has 0 N–H and O–H groups in total. The lowest BCUT2D eigenvalue weighted by Crippen LogP contribution is -2.29. The lowest BCUT2D eigenvalue weighted by atomic mass is 10.0. The van der Waals surface area contributed by atoms with Crippen LogP contribution in [0.1, 0.15) is 5.56 Å². The van der Waals surface area contributed by atoms with Crippen molar-refractivity contribution in [1.29, 1.82) is 0 Å². The Morgan fingerprint density at radius 1 is 1.19 bits per heavy atom. The van der Waals surface area contributed by atoms with Gasteiger partial charge in [-0.2, -0.15) is 13.2 Å². The molecule has 0 aromatic heterocycles. The second kappa shape index (κ2) is 3.00. The predicted octanol–water partition coefficient (Wildman–Crippen LogP) is 2.78. The van der Waals surface area contributed by atoms with Gasteiger partial charge in [0.2, 0.25) is 0 Å². The smallest absolute Gasteiger partial charge is 0.258 e. The van der Waals surface area contributed by atoms with Gasteiger partial charge in [-0.3, -0.25) is 10.1 Å². The van der Waals surface area contributed by atoms with Crippen LogP contribution in [-0.2, 0) is 5.66 Å². The Hall–Kier alpha value is -1.99. The summed E-state index contributed by atoms with van der Waals surface area (Å²) in [6, 6.07) is 4.00. The molecular weight excluding hydrogens is 227 g/mol. The van der Waals surface area contributed by atoms with Crippen molar-refractivity contribution in [3.8, 4) is 0 Å². The highest BCUT2D eigenvalue weighted by atomic mass is 19.4. The van der Waals surface area contributed by atoms with Crippen molar-refractivity contribution in [2.45, 2.75) is 11.8 Å². The molecule has 0 saturated carbocycles.